The van der Waals surface area contributed by atoms with Gasteiger partial charge in [0.2, 0.25) is 15.5 Å². The van der Waals surface area contributed by atoms with E-state index in [4.69, 9.17) is 0 Å². The van der Waals surface area contributed by atoms with Gasteiger partial charge < -0.3 is 4.98 Å². The lowest BCUT2D eigenvalue weighted by Crippen LogP contribution is -2.30. The molecule has 2 N–H and O–H groups in total. The minimum atomic E-state index is -3.85. The summed E-state index contributed by atoms with van der Waals surface area (Å²) >= 11 is 3.32. The van der Waals surface area contributed by atoms with E-state index in [1.54, 1.807) is 6.92 Å². The summed E-state index contributed by atoms with van der Waals surface area (Å²) in [6.07, 6.45) is 2.57. The molecule has 0 fully saturated rings. The zero-order valence-electron chi connectivity index (χ0n) is 10.6. The maximum atomic E-state index is 12.2. The Bertz CT molecular complexity index is 754. The summed E-state index contributed by atoms with van der Waals surface area (Å²) in [7, 11) is -3.85. The highest BCUT2D eigenvalue weighted by Gasteiger charge is 2.20. The Kier molecular flexibility index (Phi) is 4.42. The number of sulfonamides is 1. The van der Waals surface area contributed by atoms with Gasteiger partial charge >= 0.3 is 0 Å². The summed E-state index contributed by atoms with van der Waals surface area (Å²) in [5.74, 6) is 0. The van der Waals surface area contributed by atoms with Gasteiger partial charge in [-0.1, -0.05) is 28.1 Å². The Labute approximate surface area is 125 Å². The predicted molar refractivity (Wildman–Crippen MR) is 79.9 cm³/mol. The maximum absolute atomic E-state index is 12.2. The molecule has 0 saturated heterocycles. The third kappa shape index (κ3) is 3.36. The van der Waals surface area contributed by atoms with Crippen molar-refractivity contribution in [1.29, 1.82) is 0 Å². The first-order valence-electron chi connectivity index (χ1n) is 5.85. The number of hydrogen-bond donors (Lipinski definition) is 2. The average molecular weight is 357 g/mol. The van der Waals surface area contributed by atoms with Crippen LogP contribution in [-0.4, -0.2) is 13.4 Å². The summed E-state index contributed by atoms with van der Waals surface area (Å²) in [5, 5.41) is 0. The highest BCUT2D eigenvalue weighted by Crippen LogP contribution is 2.18. The lowest BCUT2D eigenvalue weighted by atomic mass is 10.1. The van der Waals surface area contributed by atoms with E-state index in [9.17, 15) is 13.2 Å². The lowest BCUT2D eigenvalue weighted by Gasteiger charge is -2.14. The number of aromatic nitrogens is 1. The highest BCUT2D eigenvalue weighted by molar-refractivity contribution is 9.10. The van der Waals surface area contributed by atoms with E-state index >= 15 is 0 Å². The van der Waals surface area contributed by atoms with Crippen molar-refractivity contribution in [3.05, 3.63) is 63.0 Å². The van der Waals surface area contributed by atoms with Gasteiger partial charge in [-0.15, -0.1) is 0 Å². The first kappa shape index (κ1) is 15.0. The summed E-state index contributed by atoms with van der Waals surface area (Å²) < 4.78 is 27.7. The molecule has 0 bridgehead atoms. The van der Waals surface area contributed by atoms with Crippen LogP contribution in [0, 0.1) is 0 Å². The van der Waals surface area contributed by atoms with Crippen LogP contribution in [0.25, 0.3) is 0 Å². The van der Waals surface area contributed by atoms with Crippen LogP contribution >= 0.6 is 15.9 Å². The SMILES string of the molecule is C[C@@H](NS(=O)(=O)c1c[nH]ccc1=O)c1ccc(Br)cc1. The Morgan fingerprint density at radius 1 is 1.20 bits per heavy atom. The number of rotatable bonds is 4. The molecule has 7 heteroatoms. The molecule has 0 unspecified atom stereocenters. The van der Waals surface area contributed by atoms with Crippen LogP contribution in [0.15, 0.2) is 56.9 Å². The third-order valence-corrected chi connectivity index (χ3v) is 4.87. The molecule has 2 rings (SSSR count). The minimum Gasteiger partial charge on any atom is -0.366 e. The Hall–Kier alpha value is -1.44. The van der Waals surface area contributed by atoms with Gasteiger partial charge in [-0.05, 0) is 24.6 Å². The van der Waals surface area contributed by atoms with Crippen molar-refractivity contribution in [3.63, 3.8) is 0 Å². The van der Waals surface area contributed by atoms with Gasteiger partial charge in [-0.25, -0.2) is 13.1 Å². The Morgan fingerprint density at radius 3 is 2.45 bits per heavy atom. The first-order valence-corrected chi connectivity index (χ1v) is 8.12. The molecule has 0 aliphatic rings. The van der Waals surface area contributed by atoms with Crippen molar-refractivity contribution < 1.29 is 8.42 Å². The molecule has 0 aliphatic heterocycles. The molecule has 5 nitrogen and oxygen atoms in total. The molecule has 0 saturated carbocycles. The second-order valence-electron chi connectivity index (χ2n) is 4.27. The van der Waals surface area contributed by atoms with Crippen molar-refractivity contribution in [1.82, 2.24) is 9.71 Å². The molecule has 1 aromatic heterocycles. The van der Waals surface area contributed by atoms with Crippen molar-refractivity contribution in [3.8, 4) is 0 Å². The van der Waals surface area contributed by atoms with Crippen LogP contribution in [0.4, 0.5) is 0 Å². The predicted octanol–water partition coefficient (Wildman–Crippen LogP) is 2.18. The molecule has 0 spiro atoms. The van der Waals surface area contributed by atoms with E-state index in [-0.39, 0.29) is 4.90 Å². The lowest BCUT2D eigenvalue weighted by molar-refractivity contribution is 0.565. The third-order valence-electron chi connectivity index (χ3n) is 2.78. The zero-order valence-corrected chi connectivity index (χ0v) is 13.0. The van der Waals surface area contributed by atoms with E-state index in [2.05, 4.69) is 25.6 Å². The van der Waals surface area contributed by atoms with E-state index in [1.807, 2.05) is 24.3 Å². The van der Waals surface area contributed by atoms with Crippen LogP contribution < -0.4 is 10.2 Å². The number of hydrogen-bond acceptors (Lipinski definition) is 3. The Balaban J connectivity index is 2.27. The van der Waals surface area contributed by atoms with Crippen molar-refractivity contribution in [2.45, 2.75) is 17.9 Å². The van der Waals surface area contributed by atoms with Crippen LogP contribution in [0.3, 0.4) is 0 Å². The van der Waals surface area contributed by atoms with Crippen molar-refractivity contribution in [2.75, 3.05) is 0 Å². The quantitative estimate of drug-likeness (QED) is 0.880. The van der Waals surface area contributed by atoms with Crippen molar-refractivity contribution >= 4 is 26.0 Å². The van der Waals surface area contributed by atoms with E-state index in [1.165, 1.54) is 18.5 Å². The molecule has 1 atom stereocenters. The van der Waals surface area contributed by atoms with Gasteiger partial charge in [-0.3, -0.25) is 4.79 Å². The fourth-order valence-electron chi connectivity index (χ4n) is 1.73. The fraction of sp³-hybridized carbons (Fsp3) is 0.154. The standard InChI is InChI=1S/C13H13BrN2O3S/c1-9(10-2-4-11(14)5-3-10)16-20(18,19)13-8-15-7-6-12(13)17/h2-9,16H,1H3,(H,15,17)/t9-/m1/s1. The first-order chi connectivity index (χ1) is 9.40. The van der Waals surface area contributed by atoms with E-state index in [0.29, 0.717) is 0 Å². The topological polar surface area (TPSA) is 79.0 Å². The van der Waals surface area contributed by atoms with E-state index in [0.717, 1.165) is 10.0 Å². The molecule has 0 amide bonds. The maximum Gasteiger partial charge on any atom is 0.246 e. The normalized spacial score (nSPS) is 13.1. The van der Waals surface area contributed by atoms with Crippen LogP contribution in [0.5, 0.6) is 0 Å². The second kappa shape index (κ2) is 5.90. The molecule has 0 aliphatic carbocycles. The van der Waals surface area contributed by atoms with Gasteiger partial charge in [0.05, 0.1) is 0 Å². The molecule has 0 radical (unpaired) electrons. The Morgan fingerprint density at radius 2 is 1.85 bits per heavy atom. The molecule has 106 valence electrons. The van der Waals surface area contributed by atoms with E-state index < -0.39 is 21.5 Å². The minimum absolute atomic E-state index is 0.288. The van der Waals surface area contributed by atoms with Crippen LogP contribution in [-0.2, 0) is 10.0 Å². The number of H-pyrrole nitrogens is 1. The molecular formula is C13H13BrN2O3S. The number of aromatic amines is 1. The molecule has 20 heavy (non-hydrogen) atoms. The number of nitrogens with one attached hydrogen (secondary N) is 2. The van der Waals surface area contributed by atoms with Gasteiger partial charge in [0.1, 0.15) is 4.90 Å². The van der Waals surface area contributed by atoms with Gasteiger partial charge in [0.15, 0.2) is 0 Å². The molecule has 1 aromatic carbocycles. The largest absolute Gasteiger partial charge is 0.366 e. The zero-order chi connectivity index (χ0) is 14.8. The summed E-state index contributed by atoms with van der Waals surface area (Å²) in [6, 6.07) is 8.02. The highest BCUT2D eigenvalue weighted by atomic mass is 79.9. The number of halogens is 1. The number of pyridine rings is 1. The number of benzene rings is 1. The summed E-state index contributed by atoms with van der Waals surface area (Å²) in [5.41, 5.74) is 0.267. The summed E-state index contributed by atoms with van der Waals surface area (Å²) in [6.45, 7) is 1.72. The molecular weight excluding hydrogens is 344 g/mol. The molecule has 1 heterocycles. The van der Waals surface area contributed by atoms with Gasteiger partial charge in [0, 0.05) is 29.0 Å². The van der Waals surface area contributed by atoms with Crippen LogP contribution in [0.2, 0.25) is 0 Å². The fourth-order valence-corrected chi connectivity index (χ4v) is 3.28. The monoisotopic (exact) mass is 356 g/mol. The smallest absolute Gasteiger partial charge is 0.246 e. The average Bonchev–Trinajstić information content (AvgIpc) is 2.39. The van der Waals surface area contributed by atoms with Crippen molar-refractivity contribution in [2.24, 2.45) is 0 Å². The van der Waals surface area contributed by atoms with Gasteiger partial charge in [-0.2, -0.15) is 0 Å². The second-order valence-corrected chi connectivity index (χ2v) is 6.87. The van der Waals surface area contributed by atoms with Crippen LogP contribution in [0.1, 0.15) is 18.5 Å². The summed E-state index contributed by atoms with van der Waals surface area (Å²) in [4.78, 5) is 13.9. The molecule has 2 aromatic rings. The van der Waals surface area contributed by atoms with Gasteiger partial charge in [0.25, 0.3) is 0 Å².